The molecule has 0 aliphatic carbocycles. The highest BCUT2D eigenvalue weighted by Crippen LogP contribution is 2.19. The van der Waals surface area contributed by atoms with Gasteiger partial charge in [-0.2, -0.15) is 5.26 Å². The molecule has 1 atom stereocenters. The average molecular weight is 198 g/mol. The molecule has 0 saturated carbocycles. The van der Waals surface area contributed by atoms with Crippen molar-refractivity contribution in [3.05, 3.63) is 0 Å². The van der Waals surface area contributed by atoms with Gasteiger partial charge >= 0.3 is 0 Å². The van der Waals surface area contributed by atoms with Gasteiger partial charge in [-0.25, -0.2) is 0 Å². The molecule has 4 nitrogen and oxygen atoms in total. The van der Waals surface area contributed by atoms with E-state index in [2.05, 4.69) is 11.0 Å². The van der Waals surface area contributed by atoms with Gasteiger partial charge in [0.2, 0.25) is 0 Å². The molecule has 0 aromatic rings. The normalized spacial score (nSPS) is 22.6. The fraction of sp³-hybridized carbons (Fsp3) is 0.900. The quantitative estimate of drug-likeness (QED) is 0.665. The summed E-state index contributed by atoms with van der Waals surface area (Å²) in [5, 5.41) is 9.18. The smallest absolute Gasteiger partial charge is 0.108 e. The number of nitrogens with zero attached hydrogens (tertiary/aromatic N) is 2. The van der Waals surface area contributed by atoms with Gasteiger partial charge in [-0.05, 0) is 6.92 Å². The summed E-state index contributed by atoms with van der Waals surface area (Å²) < 4.78 is 10.3. The first-order valence-corrected chi connectivity index (χ1v) is 4.96. The molecule has 0 spiro atoms. The number of rotatable bonds is 4. The van der Waals surface area contributed by atoms with Gasteiger partial charge in [-0.3, -0.25) is 4.90 Å². The Morgan fingerprint density at radius 1 is 1.50 bits per heavy atom. The zero-order chi connectivity index (χ0) is 10.4. The Labute approximate surface area is 85.4 Å². The van der Waals surface area contributed by atoms with Gasteiger partial charge in [-0.1, -0.05) is 0 Å². The fourth-order valence-corrected chi connectivity index (χ4v) is 1.64. The van der Waals surface area contributed by atoms with Crippen LogP contribution in [-0.4, -0.2) is 50.5 Å². The maximum atomic E-state index is 9.18. The Hall–Kier alpha value is -0.630. The van der Waals surface area contributed by atoms with Gasteiger partial charge in [0.15, 0.2) is 0 Å². The van der Waals surface area contributed by atoms with Gasteiger partial charge in [0.05, 0.1) is 19.3 Å². The third-order valence-corrected chi connectivity index (χ3v) is 2.74. The Bertz CT molecular complexity index is 209. The van der Waals surface area contributed by atoms with Crippen molar-refractivity contribution in [3.63, 3.8) is 0 Å². The number of hydrogen-bond donors (Lipinski definition) is 0. The summed E-state index contributed by atoms with van der Waals surface area (Å²) in [5.41, 5.74) is -0.403. The second kappa shape index (κ2) is 5.30. The number of nitriles is 1. The topological polar surface area (TPSA) is 45.5 Å². The van der Waals surface area contributed by atoms with Crippen LogP contribution in [0, 0.1) is 11.3 Å². The second-order valence-corrected chi connectivity index (χ2v) is 3.73. The van der Waals surface area contributed by atoms with Crippen LogP contribution in [0.1, 0.15) is 13.3 Å². The molecule has 14 heavy (non-hydrogen) atoms. The second-order valence-electron chi connectivity index (χ2n) is 3.73. The highest BCUT2D eigenvalue weighted by molar-refractivity contribution is 5.05. The molecule has 1 heterocycles. The summed E-state index contributed by atoms with van der Waals surface area (Å²) in [7, 11) is 1.66. The Kier molecular flexibility index (Phi) is 4.33. The third kappa shape index (κ3) is 2.68. The molecule has 1 aliphatic heterocycles. The van der Waals surface area contributed by atoms with Crippen LogP contribution in [0.2, 0.25) is 0 Å². The van der Waals surface area contributed by atoms with Crippen LogP contribution >= 0.6 is 0 Å². The minimum atomic E-state index is -0.403. The lowest BCUT2D eigenvalue weighted by Crippen LogP contribution is -2.51. The SMILES string of the molecule is COCCC(C)(C#N)N1CCOCC1. The van der Waals surface area contributed by atoms with E-state index in [-0.39, 0.29) is 0 Å². The van der Waals surface area contributed by atoms with Crippen LogP contribution in [0.4, 0.5) is 0 Å². The Morgan fingerprint density at radius 3 is 2.64 bits per heavy atom. The van der Waals surface area contributed by atoms with Crippen LogP contribution in [-0.2, 0) is 9.47 Å². The Morgan fingerprint density at radius 2 is 2.14 bits per heavy atom. The first kappa shape index (κ1) is 11.4. The largest absolute Gasteiger partial charge is 0.385 e. The van der Waals surface area contributed by atoms with Crippen molar-refractivity contribution >= 4 is 0 Å². The van der Waals surface area contributed by atoms with E-state index >= 15 is 0 Å². The summed E-state index contributed by atoms with van der Waals surface area (Å²) in [4.78, 5) is 2.18. The van der Waals surface area contributed by atoms with E-state index in [0.717, 1.165) is 32.7 Å². The number of methoxy groups -OCH3 is 1. The summed E-state index contributed by atoms with van der Waals surface area (Å²) in [6.07, 6.45) is 0.750. The first-order valence-electron chi connectivity index (χ1n) is 4.96. The molecule has 1 rings (SSSR count). The zero-order valence-corrected chi connectivity index (χ0v) is 8.95. The predicted molar refractivity (Wildman–Crippen MR) is 52.9 cm³/mol. The van der Waals surface area contributed by atoms with Gasteiger partial charge in [0.25, 0.3) is 0 Å². The minimum Gasteiger partial charge on any atom is -0.385 e. The molecule has 0 aromatic heterocycles. The molecule has 1 aliphatic rings. The van der Waals surface area contributed by atoms with E-state index < -0.39 is 5.54 Å². The lowest BCUT2D eigenvalue weighted by Gasteiger charge is -2.38. The molecular formula is C10H18N2O2. The van der Waals surface area contributed by atoms with Gasteiger partial charge in [0.1, 0.15) is 5.54 Å². The van der Waals surface area contributed by atoms with E-state index in [0.29, 0.717) is 6.61 Å². The van der Waals surface area contributed by atoms with Crippen molar-refractivity contribution in [1.82, 2.24) is 4.90 Å². The summed E-state index contributed by atoms with van der Waals surface area (Å²) in [6, 6.07) is 2.37. The number of morpholine rings is 1. The fourth-order valence-electron chi connectivity index (χ4n) is 1.64. The van der Waals surface area contributed by atoms with E-state index in [4.69, 9.17) is 9.47 Å². The van der Waals surface area contributed by atoms with Crippen LogP contribution in [0.25, 0.3) is 0 Å². The monoisotopic (exact) mass is 198 g/mol. The highest BCUT2D eigenvalue weighted by Gasteiger charge is 2.32. The van der Waals surface area contributed by atoms with Crippen molar-refractivity contribution in [2.24, 2.45) is 0 Å². The highest BCUT2D eigenvalue weighted by atomic mass is 16.5. The van der Waals surface area contributed by atoms with E-state index in [9.17, 15) is 5.26 Å². The molecule has 0 aromatic carbocycles. The number of hydrogen-bond acceptors (Lipinski definition) is 4. The van der Waals surface area contributed by atoms with Crippen molar-refractivity contribution in [1.29, 1.82) is 5.26 Å². The molecule has 1 saturated heterocycles. The van der Waals surface area contributed by atoms with E-state index in [1.807, 2.05) is 6.92 Å². The standard InChI is InChI=1S/C10H18N2O2/c1-10(9-11,3-6-13-2)12-4-7-14-8-5-12/h3-8H2,1-2H3. The third-order valence-electron chi connectivity index (χ3n) is 2.74. The predicted octanol–water partition coefficient (Wildman–Crippen LogP) is 0.637. The van der Waals surface area contributed by atoms with Crippen molar-refractivity contribution in [2.75, 3.05) is 40.0 Å². The molecule has 1 fully saturated rings. The maximum absolute atomic E-state index is 9.18. The Balaban J connectivity index is 2.53. The van der Waals surface area contributed by atoms with Crippen molar-refractivity contribution in [2.45, 2.75) is 18.9 Å². The maximum Gasteiger partial charge on any atom is 0.108 e. The summed E-state index contributed by atoms with van der Waals surface area (Å²) >= 11 is 0. The molecule has 0 bridgehead atoms. The van der Waals surface area contributed by atoms with Gasteiger partial charge in [-0.15, -0.1) is 0 Å². The lowest BCUT2D eigenvalue weighted by molar-refractivity contribution is -0.00683. The number of ether oxygens (including phenoxy) is 2. The molecule has 4 heteroatoms. The van der Waals surface area contributed by atoms with Crippen LogP contribution in [0.5, 0.6) is 0 Å². The summed E-state index contributed by atoms with van der Waals surface area (Å²) in [6.45, 7) is 5.73. The molecular weight excluding hydrogens is 180 g/mol. The first-order chi connectivity index (χ1) is 6.73. The molecule has 0 N–H and O–H groups in total. The van der Waals surface area contributed by atoms with Crippen LogP contribution < -0.4 is 0 Å². The van der Waals surface area contributed by atoms with Crippen molar-refractivity contribution < 1.29 is 9.47 Å². The lowest BCUT2D eigenvalue weighted by atomic mass is 9.97. The van der Waals surface area contributed by atoms with Crippen LogP contribution in [0.15, 0.2) is 0 Å². The molecule has 0 radical (unpaired) electrons. The van der Waals surface area contributed by atoms with Crippen molar-refractivity contribution in [3.8, 4) is 6.07 Å². The molecule has 1 unspecified atom stereocenters. The van der Waals surface area contributed by atoms with Gasteiger partial charge < -0.3 is 9.47 Å². The van der Waals surface area contributed by atoms with E-state index in [1.165, 1.54) is 0 Å². The molecule has 80 valence electrons. The average Bonchev–Trinajstić information content (AvgIpc) is 2.27. The summed E-state index contributed by atoms with van der Waals surface area (Å²) in [5.74, 6) is 0. The minimum absolute atomic E-state index is 0.403. The van der Waals surface area contributed by atoms with Crippen LogP contribution in [0.3, 0.4) is 0 Å². The van der Waals surface area contributed by atoms with Gasteiger partial charge in [0, 0.05) is 33.2 Å². The molecule has 0 amide bonds. The zero-order valence-electron chi connectivity index (χ0n) is 8.95. The van der Waals surface area contributed by atoms with E-state index in [1.54, 1.807) is 7.11 Å².